The van der Waals surface area contributed by atoms with Crippen LogP contribution in [-0.4, -0.2) is 61.9 Å². The minimum absolute atomic E-state index is 0.153. The molecule has 0 aliphatic heterocycles. The number of nitrogens with one attached hydrogen (secondary N) is 2. The molecule has 0 unspecified atom stereocenters. The third-order valence-corrected chi connectivity index (χ3v) is 4.25. The standard InChI is InChI=1S/C17H26IN5O3/c18-14-3-1-13(2-4-14)17(26)23(11-5-15(24)21-9-7-19)12-6-16(25)22-10-8-20/h1-4H,5-12,19-20H2,(H,21,24)(H,22,25). The van der Waals surface area contributed by atoms with Gasteiger partial charge in [0.05, 0.1) is 0 Å². The van der Waals surface area contributed by atoms with E-state index < -0.39 is 0 Å². The van der Waals surface area contributed by atoms with E-state index in [2.05, 4.69) is 33.2 Å². The zero-order valence-corrected chi connectivity index (χ0v) is 16.8. The average molecular weight is 475 g/mol. The normalized spacial score (nSPS) is 10.3. The molecule has 0 spiro atoms. The lowest BCUT2D eigenvalue weighted by Crippen LogP contribution is -2.39. The Kier molecular flexibility index (Phi) is 10.8. The predicted molar refractivity (Wildman–Crippen MR) is 108 cm³/mol. The number of amides is 3. The summed E-state index contributed by atoms with van der Waals surface area (Å²) in [6, 6.07) is 7.15. The van der Waals surface area contributed by atoms with Crippen molar-refractivity contribution in [3.05, 3.63) is 33.4 Å². The monoisotopic (exact) mass is 475 g/mol. The van der Waals surface area contributed by atoms with Crippen LogP contribution in [0.1, 0.15) is 23.2 Å². The molecular weight excluding hydrogens is 449 g/mol. The van der Waals surface area contributed by atoms with Crippen LogP contribution in [0.2, 0.25) is 0 Å². The summed E-state index contributed by atoms with van der Waals surface area (Å²) in [5.41, 5.74) is 11.2. The molecule has 6 N–H and O–H groups in total. The number of hydrogen-bond acceptors (Lipinski definition) is 5. The predicted octanol–water partition coefficient (Wildman–Crippen LogP) is -0.337. The second-order valence-electron chi connectivity index (χ2n) is 5.58. The Morgan fingerprint density at radius 1 is 0.885 bits per heavy atom. The van der Waals surface area contributed by atoms with Crippen LogP contribution in [-0.2, 0) is 9.59 Å². The molecule has 1 rings (SSSR count). The molecule has 0 aromatic heterocycles. The number of halogens is 1. The van der Waals surface area contributed by atoms with E-state index in [0.717, 1.165) is 3.57 Å². The van der Waals surface area contributed by atoms with Gasteiger partial charge in [-0.05, 0) is 46.9 Å². The van der Waals surface area contributed by atoms with E-state index in [1.165, 1.54) is 4.90 Å². The van der Waals surface area contributed by atoms with Crippen LogP contribution in [0.3, 0.4) is 0 Å². The summed E-state index contributed by atoms with van der Waals surface area (Å²) in [4.78, 5) is 37.8. The third-order valence-electron chi connectivity index (χ3n) is 3.53. The Morgan fingerprint density at radius 2 is 1.35 bits per heavy atom. The zero-order valence-electron chi connectivity index (χ0n) is 14.7. The Morgan fingerprint density at radius 3 is 1.77 bits per heavy atom. The number of nitrogens with zero attached hydrogens (tertiary/aromatic N) is 1. The highest BCUT2D eigenvalue weighted by Gasteiger charge is 2.18. The Labute approximate surface area is 167 Å². The van der Waals surface area contributed by atoms with E-state index in [9.17, 15) is 14.4 Å². The molecule has 0 atom stereocenters. The number of benzene rings is 1. The molecule has 0 radical (unpaired) electrons. The van der Waals surface area contributed by atoms with Gasteiger partial charge >= 0.3 is 0 Å². The minimum Gasteiger partial charge on any atom is -0.355 e. The van der Waals surface area contributed by atoms with E-state index >= 15 is 0 Å². The lowest BCUT2D eigenvalue weighted by molar-refractivity contribution is -0.121. The highest BCUT2D eigenvalue weighted by Crippen LogP contribution is 2.10. The lowest BCUT2D eigenvalue weighted by atomic mass is 10.2. The number of hydrogen-bond donors (Lipinski definition) is 4. The molecule has 0 saturated carbocycles. The van der Waals surface area contributed by atoms with Crippen molar-refractivity contribution in [2.24, 2.45) is 11.5 Å². The van der Waals surface area contributed by atoms with Crippen LogP contribution in [0.25, 0.3) is 0 Å². The molecule has 0 fully saturated rings. The molecule has 8 nitrogen and oxygen atoms in total. The molecular formula is C17H26IN5O3. The van der Waals surface area contributed by atoms with Crippen LogP contribution in [0.15, 0.2) is 24.3 Å². The fourth-order valence-electron chi connectivity index (χ4n) is 2.16. The quantitative estimate of drug-likeness (QED) is 0.326. The van der Waals surface area contributed by atoms with Gasteiger partial charge in [0, 0.05) is 61.2 Å². The van der Waals surface area contributed by atoms with Crippen molar-refractivity contribution < 1.29 is 14.4 Å². The average Bonchev–Trinajstić information content (AvgIpc) is 2.64. The highest BCUT2D eigenvalue weighted by molar-refractivity contribution is 14.1. The first-order valence-corrected chi connectivity index (χ1v) is 9.54. The number of nitrogens with two attached hydrogens (primary N) is 2. The largest absolute Gasteiger partial charge is 0.355 e. The van der Waals surface area contributed by atoms with E-state index in [0.29, 0.717) is 31.7 Å². The third kappa shape index (κ3) is 8.59. The molecule has 0 aliphatic rings. The Bertz CT molecular complexity index is 571. The molecule has 0 bridgehead atoms. The fraction of sp³-hybridized carbons (Fsp3) is 0.471. The van der Waals surface area contributed by atoms with E-state index in [4.69, 9.17) is 11.5 Å². The van der Waals surface area contributed by atoms with E-state index in [-0.39, 0.29) is 43.7 Å². The van der Waals surface area contributed by atoms with Crippen LogP contribution in [0.4, 0.5) is 0 Å². The van der Waals surface area contributed by atoms with Crippen molar-refractivity contribution in [3.8, 4) is 0 Å². The maximum absolute atomic E-state index is 12.7. The number of rotatable bonds is 11. The van der Waals surface area contributed by atoms with Gasteiger partial charge in [-0.15, -0.1) is 0 Å². The number of carbonyl (C=O) groups is 3. The van der Waals surface area contributed by atoms with Crippen molar-refractivity contribution in [2.45, 2.75) is 12.8 Å². The van der Waals surface area contributed by atoms with Crippen LogP contribution in [0.5, 0.6) is 0 Å². The highest BCUT2D eigenvalue weighted by atomic mass is 127. The molecule has 26 heavy (non-hydrogen) atoms. The Balaban J connectivity index is 2.70. The first kappa shape index (κ1) is 22.3. The Hall–Kier alpha value is -1.72. The molecule has 0 saturated heterocycles. The van der Waals surface area contributed by atoms with Gasteiger partial charge in [-0.2, -0.15) is 0 Å². The van der Waals surface area contributed by atoms with Gasteiger partial charge in [-0.25, -0.2) is 0 Å². The lowest BCUT2D eigenvalue weighted by Gasteiger charge is -2.22. The maximum Gasteiger partial charge on any atom is 0.253 e. The summed E-state index contributed by atoms with van der Waals surface area (Å²) < 4.78 is 1.02. The van der Waals surface area contributed by atoms with Crippen molar-refractivity contribution in [1.29, 1.82) is 0 Å². The summed E-state index contributed by atoms with van der Waals surface area (Å²) >= 11 is 2.16. The van der Waals surface area contributed by atoms with E-state index in [1.54, 1.807) is 12.1 Å². The topological polar surface area (TPSA) is 131 Å². The van der Waals surface area contributed by atoms with Crippen molar-refractivity contribution in [1.82, 2.24) is 15.5 Å². The van der Waals surface area contributed by atoms with Gasteiger partial charge in [0.2, 0.25) is 11.8 Å². The fourth-order valence-corrected chi connectivity index (χ4v) is 2.52. The smallest absolute Gasteiger partial charge is 0.253 e. The molecule has 1 aromatic carbocycles. The second-order valence-corrected chi connectivity index (χ2v) is 6.82. The van der Waals surface area contributed by atoms with Gasteiger partial charge in [0.25, 0.3) is 5.91 Å². The van der Waals surface area contributed by atoms with Crippen molar-refractivity contribution in [2.75, 3.05) is 39.3 Å². The second kappa shape index (κ2) is 12.6. The summed E-state index contributed by atoms with van der Waals surface area (Å²) in [5.74, 6) is -0.563. The molecule has 3 amide bonds. The summed E-state index contributed by atoms with van der Waals surface area (Å²) in [7, 11) is 0. The van der Waals surface area contributed by atoms with Crippen LogP contribution >= 0.6 is 22.6 Å². The van der Waals surface area contributed by atoms with Crippen molar-refractivity contribution in [3.63, 3.8) is 0 Å². The van der Waals surface area contributed by atoms with Gasteiger partial charge in [0.1, 0.15) is 0 Å². The van der Waals surface area contributed by atoms with Gasteiger partial charge in [-0.1, -0.05) is 0 Å². The molecule has 0 aliphatic carbocycles. The van der Waals surface area contributed by atoms with E-state index in [1.807, 2.05) is 12.1 Å². The van der Waals surface area contributed by atoms with Crippen LogP contribution < -0.4 is 22.1 Å². The number of carbonyl (C=O) groups excluding carboxylic acids is 3. The minimum atomic E-state index is -0.209. The van der Waals surface area contributed by atoms with Gasteiger partial charge in [0.15, 0.2) is 0 Å². The maximum atomic E-state index is 12.7. The first-order valence-electron chi connectivity index (χ1n) is 8.46. The summed E-state index contributed by atoms with van der Waals surface area (Å²) in [6.45, 7) is 1.96. The van der Waals surface area contributed by atoms with Gasteiger partial charge < -0.3 is 27.0 Å². The molecule has 1 aromatic rings. The SMILES string of the molecule is NCCNC(=O)CCN(CCC(=O)NCCN)C(=O)c1ccc(I)cc1. The summed E-state index contributed by atoms with van der Waals surface area (Å²) in [6.07, 6.45) is 0.307. The van der Waals surface area contributed by atoms with Gasteiger partial charge in [-0.3, -0.25) is 14.4 Å². The zero-order chi connectivity index (χ0) is 19.4. The summed E-state index contributed by atoms with van der Waals surface area (Å²) in [5, 5.41) is 5.34. The molecule has 0 heterocycles. The molecule has 144 valence electrons. The van der Waals surface area contributed by atoms with Crippen LogP contribution in [0, 0.1) is 3.57 Å². The first-order chi connectivity index (χ1) is 12.5. The molecule has 9 heteroatoms. The van der Waals surface area contributed by atoms with Crippen molar-refractivity contribution >= 4 is 40.3 Å².